The average molecular weight is 324 g/mol. The van der Waals surface area contributed by atoms with Gasteiger partial charge in [0.05, 0.1) is 12.1 Å². The van der Waals surface area contributed by atoms with Gasteiger partial charge in [0.1, 0.15) is 5.75 Å². The predicted octanol–water partition coefficient (Wildman–Crippen LogP) is 3.04. The van der Waals surface area contributed by atoms with Gasteiger partial charge in [0.2, 0.25) is 0 Å². The van der Waals surface area contributed by atoms with E-state index < -0.39 is 18.9 Å². The van der Waals surface area contributed by atoms with Gasteiger partial charge in [-0.2, -0.15) is 0 Å². The van der Waals surface area contributed by atoms with Gasteiger partial charge < -0.3 is 20.3 Å². The van der Waals surface area contributed by atoms with Gasteiger partial charge in [0.15, 0.2) is 11.5 Å². The number of hydrogen-bond acceptors (Lipinski definition) is 4. The lowest BCUT2D eigenvalue weighted by Gasteiger charge is -2.20. The molecule has 22 heavy (non-hydrogen) atoms. The van der Waals surface area contributed by atoms with E-state index in [-0.39, 0.29) is 28.7 Å². The summed E-state index contributed by atoms with van der Waals surface area (Å²) in [5, 5.41) is 22.3. The van der Waals surface area contributed by atoms with E-state index in [1.807, 2.05) is 0 Å². The first kappa shape index (κ1) is 10.8. The Morgan fingerprint density at radius 1 is 1.32 bits per heavy atom. The van der Waals surface area contributed by atoms with Gasteiger partial charge in [-0.25, -0.2) is 0 Å². The van der Waals surface area contributed by atoms with Gasteiger partial charge in [-0.15, -0.1) is 0 Å². The van der Waals surface area contributed by atoms with Crippen molar-refractivity contribution in [2.75, 3.05) is 20.1 Å². The van der Waals surface area contributed by atoms with Crippen LogP contribution in [0.15, 0.2) is 30.3 Å². The number of benzene rings is 2. The molecule has 1 aliphatic heterocycles. The minimum Gasteiger partial charge on any atom is -0.508 e. The second-order valence-corrected chi connectivity index (χ2v) is 5.34. The number of halogens is 1. The minimum absolute atomic E-state index is 0.0214. The van der Waals surface area contributed by atoms with Crippen LogP contribution in [0.3, 0.4) is 0 Å². The van der Waals surface area contributed by atoms with Crippen LogP contribution in [0.1, 0.15) is 28.1 Å². The van der Waals surface area contributed by atoms with E-state index in [0.717, 1.165) is 0 Å². The molecule has 0 amide bonds. The van der Waals surface area contributed by atoms with Crippen molar-refractivity contribution in [3.05, 3.63) is 52.0 Å². The zero-order chi connectivity index (χ0) is 19.3. The Hall–Kier alpha value is -1.91. The summed E-state index contributed by atoms with van der Waals surface area (Å²) in [6, 6.07) is 7.32. The van der Waals surface area contributed by atoms with Gasteiger partial charge in [-0.1, -0.05) is 23.7 Å². The van der Waals surface area contributed by atoms with Crippen LogP contribution in [0.25, 0.3) is 0 Å². The summed E-state index contributed by atoms with van der Waals surface area (Å²) in [7, 11) is 1.34. The fourth-order valence-electron chi connectivity index (χ4n) is 2.57. The van der Waals surface area contributed by atoms with Crippen LogP contribution in [-0.4, -0.2) is 30.3 Å². The molecule has 0 bridgehead atoms. The van der Waals surface area contributed by atoms with E-state index in [1.165, 1.54) is 25.3 Å². The number of rotatable bonds is 2. The third-order valence-corrected chi connectivity index (χ3v) is 4.05. The van der Waals surface area contributed by atoms with Crippen molar-refractivity contribution in [1.82, 2.24) is 5.32 Å². The molecule has 2 aromatic carbocycles. The quantitative estimate of drug-likeness (QED) is 0.795. The van der Waals surface area contributed by atoms with Crippen molar-refractivity contribution in [3.63, 3.8) is 0 Å². The van der Waals surface area contributed by atoms with E-state index in [4.69, 9.17) is 21.8 Å². The fourth-order valence-corrected chi connectivity index (χ4v) is 2.92. The van der Waals surface area contributed by atoms with E-state index in [2.05, 4.69) is 5.32 Å². The molecule has 1 aliphatic rings. The predicted molar refractivity (Wildman–Crippen MR) is 86.2 cm³/mol. The number of methoxy groups -OCH3 is 1. The Morgan fingerprint density at radius 3 is 2.73 bits per heavy atom. The highest BCUT2D eigenvalue weighted by molar-refractivity contribution is 6.33. The molecule has 5 heteroatoms. The summed E-state index contributed by atoms with van der Waals surface area (Å²) in [5.41, 5.74) is 1.22. The van der Waals surface area contributed by atoms with Gasteiger partial charge >= 0.3 is 0 Å². The number of nitrogens with one attached hydrogen (secondary N) is 1. The Morgan fingerprint density at radius 2 is 2.05 bits per heavy atom. The lowest BCUT2D eigenvalue weighted by atomic mass is 9.87. The average Bonchev–Trinajstić information content (AvgIpc) is 2.59. The van der Waals surface area contributed by atoms with Crippen molar-refractivity contribution < 1.29 is 20.4 Å². The van der Waals surface area contributed by atoms with Crippen molar-refractivity contribution in [1.29, 1.82) is 0 Å². The van der Waals surface area contributed by atoms with E-state index in [1.54, 1.807) is 12.1 Å². The molecule has 1 heterocycles. The highest BCUT2D eigenvalue weighted by atomic mass is 35.5. The summed E-state index contributed by atoms with van der Waals surface area (Å²) in [6.07, 6.45) is -0.202. The smallest absolute Gasteiger partial charge is 0.179 e. The number of aromatic hydroxyl groups is 2. The number of phenols is 2. The van der Waals surface area contributed by atoms with Crippen molar-refractivity contribution in [3.8, 4) is 17.2 Å². The maximum atomic E-state index is 10.3. The molecule has 0 radical (unpaired) electrons. The molecular formula is C17H18ClNO3. The summed E-state index contributed by atoms with van der Waals surface area (Å²) in [4.78, 5) is 0. The maximum Gasteiger partial charge on any atom is 0.179 e. The molecule has 0 aromatic heterocycles. The number of phenolic OH excluding ortho intramolecular Hbond substituents is 2. The lowest BCUT2D eigenvalue weighted by Crippen LogP contribution is -2.20. The second kappa shape index (κ2) is 6.07. The molecule has 1 atom stereocenters. The molecular weight excluding hydrogens is 302 g/mol. The first-order chi connectivity index (χ1) is 12.1. The van der Waals surface area contributed by atoms with Gasteiger partial charge in [0, 0.05) is 17.9 Å². The Kier molecular flexibility index (Phi) is 2.97. The molecule has 4 nitrogen and oxygen atoms in total. The second-order valence-electron chi connectivity index (χ2n) is 4.96. The van der Waals surface area contributed by atoms with E-state index >= 15 is 0 Å². The molecule has 2 aromatic rings. The first-order valence-electron chi connectivity index (χ1n) is 8.72. The Labute approximate surface area is 139 Å². The number of fused-ring (bicyclic) bond motifs is 1. The van der Waals surface area contributed by atoms with Crippen molar-refractivity contribution >= 4 is 11.6 Å². The monoisotopic (exact) mass is 323 g/mol. The van der Waals surface area contributed by atoms with Crippen LogP contribution >= 0.6 is 11.6 Å². The molecule has 0 spiro atoms. The summed E-state index contributed by atoms with van der Waals surface area (Å²) < 4.78 is 38.2. The molecule has 0 fully saturated rings. The fraction of sp³-hybridized carbons (Fsp3) is 0.294. The SMILES string of the molecule is [2H]C1([2H])Cc2c(cc(O)c(OC)c2Cl)C(c2ccc(O)cc2)C([2H])([2H])N1. The highest BCUT2D eigenvalue weighted by Gasteiger charge is 2.25. The standard InChI is InChI=1S/C17H18ClNO3/c1-22-17-15(21)8-13-12(16(17)18)6-7-19-9-14(13)10-2-4-11(20)5-3-10/h2-5,8,14,19-21H,6-7,9H2,1H3/i7D2,9D2. The van der Waals surface area contributed by atoms with E-state index in [0.29, 0.717) is 16.7 Å². The van der Waals surface area contributed by atoms with Crippen LogP contribution in [0.2, 0.25) is 5.02 Å². The maximum absolute atomic E-state index is 10.3. The summed E-state index contributed by atoms with van der Waals surface area (Å²) >= 11 is 6.36. The number of ether oxygens (including phenoxy) is 1. The van der Waals surface area contributed by atoms with E-state index in [9.17, 15) is 10.2 Å². The van der Waals surface area contributed by atoms with Crippen molar-refractivity contribution in [2.24, 2.45) is 0 Å². The van der Waals surface area contributed by atoms with Crippen LogP contribution in [0.5, 0.6) is 17.2 Å². The van der Waals surface area contributed by atoms with Crippen LogP contribution in [0.4, 0.5) is 0 Å². The third-order valence-electron chi connectivity index (χ3n) is 3.65. The third kappa shape index (κ3) is 2.60. The molecule has 116 valence electrons. The normalized spacial score (nSPS) is 24.9. The number of hydrogen-bond donors (Lipinski definition) is 3. The zero-order valence-corrected chi connectivity index (χ0v) is 12.6. The molecule has 0 aliphatic carbocycles. The summed E-state index contributed by atoms with van der Waals surface area (Å²) in [6.45, 7) is -4.26. The van der Waals surface area contributed by atoms with Crippen LogP contribution in [0, 0.1) is 0 Å². The van der Waals surface area contributed by atoms with Crippen LogP contribution in [-0.2, 0) is 6.42 Å². The molecule has 1 unspecified atom stereocenters. The molecule has 0 saturated carbocycles. The molecule has 3 N–H and O–H groups in total. The Balaban J connectivity index is 2.32. The van der Waals surface area contributed by atoms with Crippen molar-refractivity contribution in [2.45, 2.75) is 12.3 Å². The van der Waals surface area contributed by atoms with Crippen LogP contribution < -0.4 is 10.1 Å². The highest BCUT2D eigenvalue weighted by Crippen LogP contribution is 2.43. The van der Waals surface area contributed by atoms with Gasteiger partial charge in [-0.05, 0) is 47.8 Å². The minimum atomic E-state index is -2.18. The Bertz CT molecular complexity index is 843. The lowest BCUT2D eigenvalue weighted by molar-refractivity contribution is 0.372. The topological polar surface area (TPSA) is 61.7 Å². The molecule has 0 saturated heterocycles. The molecule has 3 rings (SSSR count). The zero-order valence-electron chi connectivity index (χ0n) is 15.9. The largest absolute Gasteiger partial charge is 0.508 e. The summed E-state index contributed by atoms with van der Waals surface area (Å²) in [5.74, 6) is -1.17. The first-order valence-corrected chi connectivity index (χ1v) is 7.10. The van der Waals surface area contributed by atoms with Gasteiger partial charge in [-0.3, -0.25) is 0 Å². The van der Waals surface area contributed by atoms with Gasteiger partial charge in [0.25, 0.3) is 0 Å².